The Kier molecular flexibility index (Phi) is 5.46. The molecule has 0 aliphatic heterocycles. The van der Waals surface area contributed by atoms with E-state index in [0.29, 0.717) is 11.6 Å². The van der Waals surface area contributed by atoms with E-state index < -0.39 is 5.54 Å². The van der Waals surface area contributed by atoms with Gasteiger partial charge in [-0.15, -0.1) is 11.3 Å². The number of nitrogens with zero attached hydrogens (tertiary/aromatic N) is 2. The topological polar surface area (TPSA) is 87.1 Å². The molecular formula is C15H20N4O2S. The molecule has 0 radical (unpaired) electrons. The van der Waals surface area contributed by atoms with Crippen molar-refractivity contribution >= 4 is 22.5 Å². The summed E-state index contributed by atoms with van der Waals surface area (Å²) in [7, 11) is 0. The minimum Gasteiger partial charge on any atom is -0.394 e. The number of aromatic nitrogens is 2. The number of amides is 2. The first-order valence-electron chi connectivity index (χ1n) is 7.12. The second-order valence-electron chi connectivity index (χ2n) is 5.33. The predicted molar refractivity (Wildman–Crippen MR) is 87.9 cm³/mol. The molecule has 0 saturated carbocycles. The molecular weight excluding hydrogens is 300 g/mol. The monoisotopic (exact) mass is 320 g/mol. The standard InChI is InChI=1S/C15H20N4O2S/c1-3-6-15(2,10-20)19-13(21)18-14-17-12(9-22-14)11-5-4-7-16-8-11/h4-5,7-9,20H,3,6,10H2,1-2H3,(H2,17,18,19,21)/t15-/m1/s1. The molecule has 0 aliphatic carbocycles. The molecule has 0 aliphatic rings. The van der Waals surface area contributed by atoms with Crippen molar-refractivity contribution in [1.82, 2.24) is 15.3 Å². The van der Waals surface area contributed by atoms with Crippen LogP contribution in [0.15, 0.2) is 29.9 Å². The Labute approximate surface area is 133 Å². The van der Waals surface area contributed by atoms with Gasteiger partial charge in [-0.1, -0.05) is 13.3 Å². The summed E-state index contributed by atoms with van der Waals surface area (Å²) in [4.78, 5) is 20.4. The Morgan fingerprint density at radius 1 is 1.50 bits per heavy atom. The maximum Gasteiger partial charge on any atom is 0.321 e. The molecule has 0 saturated heterocycles. The van der Waals surface area contributed by atoms with E-state index in [1.807, 2.05) is 31.4 Å². The van der Waals surface area contributed by atoms with Gasteiger partial charge in [0.05, 0.1) is 17.8 Å². The summed E-state index contributed by atoms with van der Waals surface area (Å²) >= 11 is 1.35. The third-order valence-corrected chi connectivity index (χ3v) is 4.01. The van der Waals surface area contributed by atoms with Gasteiger partial charge >= 0.3 is 6.03 Å². The van der Waals surface area contributed by atoms with Crippen LogP contribution in [0.4, 0.5) is 9.93 Å². The van der Waals surface area contributed by atoms with Gasteiger partial charge < -0.3 is 10.4 Å². The van der Waals surface area contributed by atoms with Gasteiger partial charge in [-0.2, -0.15) is 0 Å². The van der Waals surface area contributed by atoms with Crippen LogP contribution in [-0.2, 0) is 0 Å². The van der Waals surface area contributed by atoms with E-state index in [0.717, 1.165) is 17.7 Å². The molecule has 2 heterocycles. The molecule has 2 amide bonds. The van der Waals surface area contributed by atoms with Crippen LogP contribution in [-0.4, -0.2) is 33.3 Å². The third kappa shape index (κ3) is 4.25. The van der Waals surface area contributed by atoms with Crippen molar-refractivity contribution < 1.29 is 9.90 Å². The Bertz CT molecular complexity index is 617. The van der Waals surface area contributed by atoms with Gasteiger partial charge in [0.2, 0.25) is 0 Å². The fourth-order valence-corrected chi connectivity index (χ4v) is 2.83. The summed E-state index contributed by atoms with van der Waals surface area (Å²) in [6.07, 6.45) is 5.00. The maximum atomic E-state index is 12.0. The smallest absolute Gasteiger partial charge is 0.321 e. The minimum absolute atomic E-state index is 0.104. The number of aliphatic hydroxyl groups excluding tert-OH is 1. The van der Waals surface area contributed by atoms with Crippen LogP contribution < -0.4 is 10.6 Å². The van der Waals surface area contributed by atoms with Gasteiger partial charge in [0, 0.05) is 23.3 Å². The lowest BCUT2D eigenvalue weighted by atomic mass is 9.98. The number of thiazole rings is 1. The number of pyridine rings is 1. The fourth-order valence-electron chi connectivity index (χ4n) is 2.11. The first kappa shape index (κ1) is 16.4. The quantitative estimate of drug-likeness (QED) is 0.764. The van der Waals surface area contributed by atoms with Crippen LogP contribution in [0.3, 0.4) is 0 Å². The van der Waals surface area contributed by atoms with E-state index in [2.05, 4.69) is 20.6 Å². The van der Waals surface area contributed by atoms with Crippen LogP contribution in [0.2, 0.25) is 0 Å². The van der Waals surface area contributed by atoms with Gasteiger partial charge in [-0.05, 0) is 25.5 Å². The van der Waals surface area contributed by atoms with Crippen molar-refractivity contribution in [1.29, 1.82) is 0 Å². The lowest BCUT2D eigenvalue weighted by Crippen LogP contribution is -2.50. The van der Waals surface area contributed by atoms with Gasteiger partial charge in [-0.25, -0.2) is 9.78 Å². The van der Waals surface area contributed by atoms with Crippen LogP contribution in [0.5, 0.6) is 0 Å². The number of rotatable bonds is 6. The van der Waals surface area contributed by atoms with Crippen LogP contribution in [0.1, 0.15) is 26.7 Å². The van der Waals surface area contributed by atoms with E-state index in [-0.39, 0.29) is 12.6 Å². The maximum absolute atomic E-state index is 12.0. The summed E-state index contributed by atoms with van der Waals surface area (Å²) < 4.78 is 0. The van der Waals surface area contributed by atoms with E-state index in [9.17, 15) is 9.90 Å². The third-order valence-electron chi connectivity index (χ3n) is 3.25. The number of anilines is 1. The molecule has 0 spiro atoms. The number of hydrogen-bond donors (Lipinski definition) is 3. The summed E-state index contributed by atoms with van der Waals surface area (Å²) in [5, 5.41) is 17.3. The average Bonchev–Trinajstić information content (AvgIpc) is 2.96. The van der Waals surface area contributed by atoms with Crippen molar-refractivity contribution in [2.75, 3.05) is 11.9 Å². The summed E-state index contributed by atoms with van der Waals surface area (Å²) in [5.74, 6) is 0. The number of aliphatic hydroxyl groups is 1. The molecule has 0 bridgehead atoms. The molecule has 0 unspecified atom stereocenters. The van der Waals surface area contributed by atoms with Crippen LogP contribution in [0, 0.1) is 0 Å². The molecule has 0 aromatic carbocycles. The number of carbonyl (C=O) groups excluding carboxylic acids is 1. The number of urea groups is 1. The lowest BCUT2D eigenvalue weighted by molar-refractivity contribution is 0.167. The van der Waals surface area contributed by atoms with Crippen molar-refractivity contribution in [3.05, 3.63) is 29.9 Å². The van der Waals surface area contributed by atoms with Gasteiger partial charge in [-0.3, -0.25) is 10.3 Å². The first-order chi connectivity index (χ1) is 10.6. The van der Waals surface area contributed by atoms with Crippen molar-refractivity contribution in [2.45, 2.75) is 32.2 Å². The Morgan fingerprint density at radius 3 is 2.95 bits per heavy atom. The molecule has 6 nitrogen and oxygen atoms in total. The first-order valence-corrected chi connectivity index (χ1v) is 8.00. The zero-order chi connectivity index (χ0) is 16.0. The molecule has 118 valence electrons. The highest BCUT2D eigenvalue weighted by Gasteiger charge is 2.24. The highest BCUT2D eigenvalue weighted by atomic mass is 32.1. The average molecular weight is 320 g/mol. The van der Waals surface area contributed by atoms with E-state index in [1.165, 1.54) is 11.3 Å². The zero-order valence-corrected chi connectivity index (χ0v) is 13.5. The molecule has 1 atom stereocenters. The molecule has 3 N–H and O–H groups in total. The van der Waals surface area contributed by atoms with Gasteiger partial charge in [0.1, 0.15) is 0 Å². The molecule has 2 aromatic heterocycles. The normalized spacial score (nSPS) is 13.4. The van der Waals surface area contributed by atoms with Crippen LogP contribution >= 0.6 is 11.3 Å². The van der Waals surface area contributed by atoms with Crippen molar-refractivity contribution in [3.63, 3.8) is 0 Å². The van der Waals surface area contributed by atoms with Crippen LogP contribution in [0.25, 0.3) is 11.3 Å². The van der Waals surface area contributed by atoms with Gasteiger partial charge in [0.15, 0.2) is 5.13 Å². The Hall–Kier alpha value is -1.99. The lowest BCUT2D eigenvalue weighted by Gasteiger charge is -2.28. The number of nitrogens with one attached hydrogen (secondary N) is 2. The van der Waals surface area contributed by atoms with Gasteiger partial charge in [0.25, 0.3) is 0 Å². The van der Waals surface area contributed by atoms with E-state index in [4.69, 9.17) is 0 Å². The predicted octanol–water partition coefficient (Wildman–Crippen LogP) is 2.88. The minimum atomic E-state index is -0.623. The molecule has 2 rings (SSSR count). The SMILES string of the molecule is CCC[C@](C)(CO)NC(=O)Nc1nc(-c2cccnc2)cs1. The Balaban J connectivity index is 1.99. The number of carbonyl (C=O) groups is 1. The zero-order valence-electron chi connectivity index (χ0n) is 12.7. The van der Waals surface area contributed by atoms with Crippen molar-refractivity contribution in [3.8, 4) is 11.3 Å². The molecule has 7 heteroatoms. The van der Waals surface area contributed by atoms with E-state index in [1.54, 1.807) is 12.4 Å². The largest absolute Gasteiger partial charge is 0.394 e. The summed E-state index contributed by atoms with van der Waals surface area (Å²) in [6.45, 7) is 3.72. The fraction of sp³-hybridized carbons (Fsp3) is 0.400. The Morgan fingerprint density at radius 2 is 2.32 bits per heavy atom. The molecule has 2 aromatic rings. The van der Waals surface area contributed by atoms with E-state index >= 15 is 0 Å². The summed E-state index contributed by atoms with van der Waals surface area (Å²) in [5.41, 5.74) is 1.05. The second-order valence-corrected chi connectivity index (χ2v) is 6.19. The highest BCUT2D eigenvalue weighted by molar-refractivity contribution is 7.14. The summed E-state index contributed by atoms with van der Waals surface area (Å²) in [6, 6.07) is 3.39. The highest BCUT2D eigenvalue weighted by Crippen LogP contribution is 2.24. The molecule has 0 fully saturated rings. The van der Waals surface area contributed by atoms with Crippen molar-refractivity contribution in [2.24, 2.45) is 0 Å². The number of hydrogen-bond acceptors (Lipinski definition) is 5. The molecule has 22 heavy (non-hydrogen) atoms. The second kappa shape index (κ2) is 7.33.